The lowest BCUT2D eigenvalue weighted by Crippen LogP contribution is -2.31. The van der Waals surface area contributed by atoms with Crippen LogP contribution in [-0.4, -0.2) is 31.1 Å². The maximum absolute atomic E-state index is 3.17. The zero-order valence-corrected chi connectivity index (χ0v) is 7.89. The van der Waals surface area contributed by atoms with Crippen LogP contribution in [0.1, 0.15) is 12.8 Å². The predicted molar refractivity (Wildman–Crippen MR) is 47.7 cm³/mol. The van der Waals surface area contributed by atoms with Crippen molar-refractivity contribution in [3.05, 3.63) is 0 Å². The third kappa shape index (κ3) is 2.05. The zero-order valence-electron chi connectivity index (χ0n) is 5.73. The zero-order chi connectivity index (χ0) is 6.69. The van der Waals surface area contributed by atoms with Crippen LogP contribution in [0.3, 0.4) is 0 Å². The van der Waals surface area contributed by atoms with Gasteiger partial charge < -0.3 is 4.90 Å². The maximum Gasteiger partial charge on any atom is 0.0226 e. The monoisotopic (exact) mass is 240 g/mol. The van der Waals surface area contributed by atoms with E-state index in [2.05, 4.69) is 38.3 Å². The molecule has 0 aromatic rings. The molecule has 1 aliphatic heterocycles. The first-order valence-corrected chi connectivity index (χ1v) is 4.46. The molecule has 1 aliphatic rings. The third-order valence-electron chi connectivity index (χ3n) is 1.98. The van der Waals surface area contributed by atoms with Gasteiger partial charge >= 0.3 is 0 Å². The Morgan fingerprint density at radius 3 is 3.00 bits per heavy atom. The second-order valence-corrected chi connectivity index (χ2v) is 3.38. The molecule has 0 spiro atoms. The van der Waals surface area contributed by atoms with E-state index < -0.39 is 0 Å². The average molecular weight is 240 g/mol. The van der Waals surface area contributed by atoms with E-state index in [0.717, 1.165) is 12.6 Å². The third-order valence-corrected chi connectivity index (χ3v) is 2.42. The van der Waals surface area contributed by atoms with Crippen LogP contribution in [-0.2, 0) is 0 Å². The van der Waals surface area contributed by atoms with Crippen LogP contribution < -0.4 is 3.53 Å². The van der Waals surface area contributed by atoms with Crippen LogP contribution >= 0.6 is 22.9 Å². The molecule has 0 amide bonds. The Hall–Kier alpha value is 0.650. The summed E-state index contributed by atoms with van der Waals surface area (Å²) in [5.41, 5.74) is 0. The van der Waals surface area contributed by atoms with Crippen LogP contribution in [0.15, 0.2) is 0 Å². The quantitative estimate of drug-likeness (QED) is 0.572. The minimum absolute atomic E-state index is 0.793. The molecule has 54 valence electrons. The van der Waals surface area contributed by atoms with Gasteiger partial charge in [0.1, 0.15) is 0 Å². The number of likely N-dealkylation sites (N-methyl/N-ethyl adjacent to an activating group) is 1. The molecule has 1 unspecified atom stereocenters. The van der Waals surface area contributed by atoms with Gasteiger partial charge in [0, 0.05) is 35.5 Å². The normalized spacial score (nSPS) is 29.3. The topological polar surface area (TPSA) is 15.3 Å². The van der Waals surface area contributed by atoms with Crippen molar-refractivity contribution in [1.29, 1.82) is 0 Å². The second-order valence-electron chi connectivity index (χ2n) is 2.61. The highest BCUT2D eigenvalue weighted by Gasteiger charge is 2.19. The molecule has 9 heavy (non-hydrogen) atoms. The highest BCUT2D eigenvalue weighted by atomic mass is 127. The Labute approximate surface area is 70.5 Å². The van der Waals surface area contributed by atoms with E-state index >= 15 is 0 Å². The van der Waals surface area contributed by atoms with Crippen molar-refractivity contribution < 1.29 is 0 Å². The fourth-order valence-corrected chi connectivity index (χ4v) is 1.83. The fraction of sp³-hybridized carbons (Fsp3) is 1.00. The van der Waals surface area contributed by atoms with E-state index in [1.54, 1.807) is 0 Å². The molecule has 0 aromatic carbocycles. The van der Waals surface area contributed by atoms with Crippen LogP contribution in [0.5, 0.6) is 0 Å². The van der Waals surface area contributed by atoms with Gasteiger partial charge in [0.25, 0.3) is 0 Å². The molecule has 2 nitrogen and oxygen atoms in total. The Morgan fingerprint density at radius 2 is 2.56 bits per heavy atom. The number of rotatable bonds is 2. The summed E-state index contributed by atoms with van der Waals surface area (Å²) in [6, 6.07) is 0.793. The van der Waals surface area contributed by atoms with Gasteiger partial charge in [-0.25, -0.2) is 0 Å². The molecular weight excluding hydrogens is 227 g/mol. The van der Waals surface area contributed by atoms with E-state index in [4.69, 9.17) is 0 Å². The summed E-state index contributed by atoms with van der Waals surface area (Å²) in [6.45, 7) is 2.42. The molecule has 0 saturated carbocycles. The summed E-state index contributed by atoms with van der Waals surface area (Å²) in [4.78, 5) is 2.42. The van der Waals surface area contributed by atoms with Gasteiger partial charge in [0.2, 0.25) is 0 Å². The number of nitrogens with one attached hydrogen (secondary N) is 1. The standard InChI is InChI=1S/C6H13IN2/c1-9-4-2-3-6(9)5-8-7/h6,8H,2-5H2,1H3. The Kier molecular flexibility index (Phi) is 3.21. The highest BCUT2D eigenvalue weighted by molar-refractivity contribution is 14.1. The van der Waals surface area contributed by atoms with Crippen LogP contribution in [0.4, 0.5) is 0 Å². The summed E-state index contributed by atoms with van der Waals surface area (Å²) in [5, 5.41) is 0. The number of nitrogens with zero attached hydrogens (tertiary/aromatic N) is 1. The molecule has 1 fully saturated rings. The number of hydrogen-bond donors (Lipinski definition) is 1. The van der Waals surface area contributed by atoms with Crippen molar-refractivity contribution >= 4 is 22.9 Å². The molecule has 0 radical (unpaired) electrons. The van der Waals surface area contributed by atoms with E-state index in [1.807, 2.05) is 0 Å². The minimum Gasteiger partial charge on any atom is -0.302 e. The Bertz CT molecular complexity index is 87.1. The average Bonchev–Trinajstić information content (AvgIpc) is 2.18. The van der Waals surface area contributed by atoms with Crippen molar-refractivity contribution in [3.63, 3.8) is 0 Å². The van der Waals surface area contributed by atoms with Crippen molar-refractivity contribution in [2.45, 2.75) is 18.9 Å². The van der Waals surface area contributed by atoms with Gasteiger partial charge in [-0.2, -0.15) is 0 Å². The lowest BCUT2D eigenvalue weighted by molar-refractivity contribution is 0.314. The van der Waals surface area contributed by atoms with E-state index in [0.29, 0.717) is 0 Å². The Balaban J connectivity index is 2.22. The van der Waals surface area contributed by atoms with E-state index in [9.17, 15) is 0 Å². The summed E-state index contributed by atoms with van der Waals surface area (Å²) in [7, 11) is 2.20. The molecule has 0 bridgehead atoms. The van der Waals surface area contributed by atoms with Gasteiger partial charge in [-0.05, 0) is 26.4 Å². The molecule has 1 heterocycles. The predicted octanol–water partition coefficient (Wildman–Crippen LogP) is 1.02. The van der Waals surface area contributed by atoms with Crippen LogP contribution in [0, 0.1) is 0 Å². The van der Waals surface area contributed by atoms with Crippen LogP contribution in [0.2, 0.25) is 0 Å². The largest absolute Gasteiger partial charge is 0.302 e. The van der Waals surface area contributed by atoms with Crippen LogP contribution in [0.25, 0.3) is 0 Å². The van der Waals surface area contributed by atoms with Gasteiger partial charge in [0.05, 0.1) is 0 Å². The maximum atomic E-state index is 3.17. The molecule has 0 aliphatic carbocycles. The molecule has 0 aromatic heterocycles. The van der Waals surface area contributed by atoms with Gasteiger partial charge in [0.15, 0.2) is 0 Å². The van der Waals surface area contributed by atoms with Gasteiger partial charge in [-0.3, -0.25) is 3.53 Å². The minimum atomic E-state index is 0.793. The molecule has 1 rings (SSSR count). The number of hydrogen-bond acceptors (Lipinski definition) is 2. The first kappa shape index (κ1) is 7.75. The molecule has 1 N–H and O–H groups in total. The highest BCUT2D eigenvalue weighted by Crippen LogP contribution is 2.13. The van der Waals surface area contributed by atoms with Gasteiger partial charge in [-0.15, -0.1) is 0 Å². The van der Waals surface area contributed by atoms with E-state index in [-0.39, 0.29) is 0 Å². The smallest absolute Gasteiger partial charge is 0.0226 e. The summed E-state index contributed by atoms with van der Waals surface area (Å²) >= 11 is 2.21. The molecule has 3 heteroatoms. The van der Waals surface area contributed by atoms with E-state index in [1.165, 1.54) is 19.4 Å². The summed E-state index contributed by atoms with van der Waals surface area (Å²) in [5.74, 6) is 0. The number of halogens is 1. The number of likely N-dealkylation sites (tertiary alicyclic amines) is 1. The lowest BCUT2D eigenvalue weighted by atomic mass is 10.2. The summed E-state index contributed by atoms with van der Waals surface area (Å²) in [6.07, 6.45) is 2.74. The molecule has 1 saturated heterocycles. The Morgan fingerprint density at radius 1 is 1.78 bits per heavy atom. The van der Waals surface area contributed by atoms with Gasteiger partial charge in [-0.1, -0.05) is 0 Å². The van der Waals surface area contributed by atoms with Crippen molar-refractivity contribution in [3.8, 4) is 0 Å². The lowest BCUT2D eigenvalue weighted by Gasteiger charge is -2.17. The molecule has 1 atom stereocenters. The first-order valence-electron chi connectivity index (χ1n) is 3.38. The van der Waals surface area contributed by atoms with Crippen molar-refractivity contribution in [1.82, 2.24) is 8.43 Å². The fourth-order valence-electron chi connectivity index (χ4n) is 1.33. The van der Waals surface area contributed by atoms with Crippen molar-refractivity contribution in [2.24, 2.45) is 0 Å². The second kappa shape index (κ2) is 3.73. The SMILES string of the molecule is CN1CCCC1CNI. The summed E-state index contributed by atoms with van der Waals surface area (Å²) < 4.78 is 3.17. The molecular formula is C6H13IN2. The first-order chi connectivity index (χ1) is 4.34. The van der Waals surface area contributed by atoms with Crippen molar-refractivity contribution in [2.75, 3.05) is 20.1 Å².